The van der Waals surface area contributed by atoms with Crippen LogP contribution in [-0.4, -0.2) is 43.5 Å². The molecule has 2 aliphatic rings. The lowest BCUT2D eigenvalue weighted by atomic mass is 9.89. The number of rotatable bonds is 3. The van der Waals surface area contributed by atoms with Crippen molar-refractivity contribution in [3.63, 3.8) is 0 Å². The van der Waals surface area contributed by atoms with Gasteiger partial charge in [0.25, 0.3) is 0 Å². The highest BCUT2D eigenvalue weighted by molar-refractivity contribution is 5.83. The molecule has 0 saturated carbocycles. The Balaban J connectivity index is 1.70. The number of ether oxygens (including phenoxy) is 5. The minimum atomic E-state index is -0.936. The standard InChI is InChI=1S/C19H21NO8/c1-8-11(6-5-9-7-10(20)16(21)25-12(8)9)24-17-14-13(26-18(22)27-14)15(23-4)19(2,3)28-17/h5-7,13-15,17H,20H2,1-4H3/t13?,14-,15+,17+/m0/s1. The summed E-state index contributed by atoms with van der Waals surface area (Å²) < 4.78 is 33.4. The van der Waals surface area contributed by atoms with Crippen LogP contribution in [0.1, 0.15) is 19.4 Å². The first-order chi connectivity index (χ1) is 13.2. The quantitative estimate of drug-likeness (QED) is 0.619. The minimum absolute atomic E-state index is 0.0291. The molecule has 2 N–H and O–H groups in total. The van der Waals surface area contributed by atoms with Crippen molar-refractivity contribution in [1.29, 1.82) is 0 Å². The summed E-state index contributed by atoms with van der Waals surface area (Å²) in [5.41, 5.74) is 5.17. The van der Waals surface area contributed by atoms with Crippen LogP contribution < -0.4 is 16.1 Å². The Morgan fingerprint density at radius 1 is 1.14 bits per heavy atom. The van der Waals surface area contributed by atoms with Gasteiger partial charge in [0.05, 0.1) is 5.60 Å². The van der Waals surface area contributed by atoms with Gasteiger partial charge in [-0.2, -0.15) is 0 Å². The molecule has 0 amide bonds. The predicted molar refractivity (Wildman–Crippen MR) is 97.2 cm³/mol. The summed E-state index contributed by atoms with van der Waals surface area (Å²) in [6, 6.07) is 4.98. The highest BCUT2D eigenvalue weighted by Gasteiger charge is 2.58. The van der Waals surface area contributed by atoms with E-state index in [-0.39, 0.29) is 5.69 Å². The fourth-order valence-corrected chi connectivity index (χ4v) is 3.74. The summed E-state index contributed by atoms with van der Waals surface area (Å²) in [5.74, 6) is 0.416. The lowest BCUT2D eigenvalue weighted by Gasteiger charge is -2.45. The van der Waals surface area contributed by atoms with E-state index in [2.05, 4.69) is 0 Å². The van der Waals surface area contributed by atoms with Crippen molar-refractivity contribution in [1.82, 2.24) is 0 Å². The third-order valence-electron chi connectivity index (χ3n) is 5.09. The van der Waals surface area contributed by atoms with Gasteiger partial charge in [-0.25, -0.2) is 9.59 Å². The lowest BCUT2D eigenvalue weighted by molar-refractivity contribution is -0.282. The molecule has 1 aromatic carbocycles. The molecular weight excluding hydrogens is 370 g/mol. The largest absolute Gasteiger partial charge is 0.509 e. The van der Waals surface area contributed by atoms with Crippen LogP contribution in [0.15, 0.2) is 27.4 Å². The Labute approximate surface area is 160 Å². The Morgan fingerprint density at radius 2 is 1.86 bits per heavy atom. The Bertz CT molecular complexity index is 997. The zero-order valence-corrected chi connectivity index (χ0v) is 15.9. The molecule has 0 radical (unpaired) electrons. The molecule has 2 aliphatic heterocycles. The van der Waals surface area contributed by atoms with Crippen molar-refractivity contribution in [2.45, 2.75) is 51.0 Å². The van der Waals surface area contributed by atoms with Crippen LogP contribution in [-0.2, 0) is 18.9 Å². The first kappa shape index (κ1) is 18.6. The van der Waals surface area contributed by atoms with E-state index < -0.39 is 42.0 Å². The van der Waals surface area contributed by atoms with Gasteiger partial charge in [-0.3, -0.25) is 0 Å². The maximum absolute atomic E-state index is 11.8. The average Bonchev–Trinajstić information content (AvgIpc) is 3.00. The minimum Gasteiger partial charge on any atom is -0.460 e. The first-order valence-electron chi connectivity index (χ1n) is 8.79. The second-order valence-corrected chi connectivity index (χ2v) is 7.38. The van der Waals surface area contributed by atoms with Crippen molar-refractivity contribution in [2.24, 2.45) is 0 Å². The number of benzene rings is 1. The summed E-state index contributed by atoms with van der Waals surface area (Å²) in [6.07, 6.45) is -3.75. The van der Waals surface area contributed by atoms with E-state index in [1.807, 2.05) is 13.8 Å². The molecule has 0 bridgehead atoms. The van der Waals surface area contributed by atoms with E-state index in [9.17, 15) is 9.59 Å². The zero-order valence-electron chi connectivity index (χ0n) is 15.9. The topological polar surface area (TPSA) is 119 Å². The molecule has 2 aromatic rings. The second-order valence-electron chi connectivity index (χ2n) is 7.38. The molecule has 28 heavy (non-hydrogen) atoms. The van der Waals surface area contributed by atoms with E-state index in [0.29, 0.717) is 22.3 Å². The smallest absolute Gasteiger partial charge is 0.460 e. The van der Waals surface area contributed by atoms with Crippen LogP contribution in [0.3, 0.4) is 0 Å². The van der Waals surface area contributed by atoms with Gasteiger partial charge in [-0.05, 0) is 39.0 Å². The monoisotopic (exact) mass is 391 g/mol. The van der Waals surface area contributed by atoms with Gasteiger partial charge in [0.1, 0.15) is 23.1 Å². The molecule has 1 aromatic heterocycles. The molecule has 3 heterocycles. The Kier molecular flexibility index (Phi) is 4.24. The molecule has 2 fully saturated rings. The number of nitrogens with two attached hydrogens (primary N) is 1. The number of aryl methyl sites for hydroxylation is 1. The Hall–Kier alpha value is -2.78. The number of hydrogen-bond donors (Lipinski definition) is 1. The molecule has 1 unspecified atom stereocenters. The number of methoxy groups -OCH3 is 1. The van der Waals surface area contributed by atoms with Gasteiger partial charge in [-0.1, -0.05) is 0 Å². The normalized spacial score (nSPS) is 28.5. The summed E-state index contributed by atoms with van der Waals surface area (Å²) >= 11 is 0. The molecule has 0 spiro atoms. The number of hydrogen-bond acceptors (Lipinski definition) is 9. The van der Waals surface area contributed by atoms with E-state index >= 15 is 0 Å². The Morgan fingerprint density at radius 3 is 2.57 bits per heavy atom. The number of anilines is 1. The lowest BCUT2D eigenvalue weighted by Crippen LogP contribution is -2.62. The van der Waals surface area contributed by atoms with Gasteiger partial charge in [0.2, 0.25) is 12.4 Å². The molecule has 0 aliphatic carbocycles. The number of fused-ring (bicyclic) bond motifs is 2. The van der Waals surface area contributed by atoms with Crippen LogP contribution in [0.25, 0.3) is 11.0 Å². The van der Waals surface area contributed by atoms with Gasteiger partial charge >= 0.3 is 11.8 Å². The van der Waals surface area contributed by atoms with E-state index in [1.165, 1.54) is 7.11 Å². The van der Waals surface area contributed by atoms with Crippen molar-refractivity contribution >= 4 is 22.8 Å². The molecule has 4 rings (SSSR count). The van der Waals surface area contributed by atoms with Crippen molar-refractivity contribution in [3.8, 4) is 5.75 Å². The van der Waals surface area contributed by atoms with E-state index in [1.54, 1.807) is 25.1 Å². The molecule has 9 heteroatoms. The fraction of sp³-hybridized carbons (Fsp3) is 0.474. The number of carbonyl (C=O) groups is 1. The summed E-state index contributed by atoms with van der Waals surface area (Å²) in [7, 11) is 1.52. The highest BCUT2D eigenvalue weighted by Crippen LogP contribution is 2.39. The summed E-state index contributed by atoms with van der Waals surface area (Å²) in [5, 5.41) is 0.666. The van der Waals surface area contributed by atoms with Crippen molar-refractivity contribution in [2.75, 3.05) is 12.8 Å². The summed E-state index contributed by atoms with van der Waals surface area (Å²) in [4.78, 5) is 23.5. The van der Waals surface area contributed by atoms with Crippen LogP contribution in [0.2, 0.25) is 0 Å². The molecule has 150 valence electrons. The van der Waals surface area contributed by atoms with Crippen molar-refractivity contribution < 1.29 is 32.9 Å². The molecule has 2 saturated heterocycles. The van der Waals surface area contributed by atoms with Crippen LogP contribution in [0.5, 0.6) is 5.75 Å². The molecule has 4 atom stereocenters. The van der Waals surface area contributed by atoms with Crippen LogP contribution >= 0.6 is 0 Å². The van der Waals surface area contributed by atoms with Gasteiger partial charge in [0.15, 0.2) is 6.10 Å². The maximum Gasteiger partial charge on any atom is 0.509 e. The fourth-order valence-electron chi connectivity index (χ4n) is 3.74. The second kappa shape index (κ2) is 6.39. The van der Waals surface area contributed by atoms with Crippen molar-refractivity contribution in [3.05, 3.63) is 34.2 Å². The van der Waals surface area contributed by atoms with Crippen LogP contribution in [0, 0.1) is 6.92 Å². The molecule has 9 nitrogen and oxygen atoms in total. The van der Waals surface area contributed by atoms with Gasteiger partial charge < -0.3 is 33.8 Å². The third kappa shape index (κ3) is 2.87. The summed E-state index contributed by atoms with van der Waals surface area (Å²) in [6.45, 7) is 5.38. The molecular formula is C19H21NO8. The van der Waals surface area contributed by atoms with E-state index in [4.69, 9.17) is 33.8 Å². The first-order valence-corrected chi connectivity index (χ1v) is 8.79. The van der Waals surface area contributed by atoms with Crippen LogP contribution in [0.4, 0.5) is 10.5 Å². The zero-order chi connectivity index (χ0) is 20.2. The SMILES string of the molecule is CO[C@@H]1C2OC(=O)O[C@@H]2[C@H](Oc2ccc3cc(N)c(=O)oc3c2C)OC1(C)C. The number of nitrogen functional groups attached to an aromatic ring is 1. The number of carbonyl (C=O) groups excluding carboxylic acids is 1. The maximum atomic E-state index is 11.8. The van der Waals surface area contributed by atoms with Gasteiger partial charge in [0, 0.05) is 18.1 Å². The highest BCUT2D eigenvalue weighted by atomic mass is 16.8. The van der Waals surface area contributed by atoms with E-state index in [0.717, 1.165) is 0 Å². The third-order valence-corrected chi connectivity index (χ3v) is 5.09. The predicted octanol–water partition coefficient (Wildman–Crippen LogP) is 2.12. The van der Waals surface area contributed by atoms with Gasteiger partial charge in [-0.15, -0.1) is 0 Å². The average molecular weight is 391 g/mol.